The molecule has 1 saturated heterocycles. The molecule has 1 saturated carbocycles. The largest absolute Gasteiger partial charge is 0.496 e. The van der Waals surface area contributed by atoms with Gasteiger partial charge >= 0.3 is 0 Å². The lowest BCUT2D eigenvalue weighted by Gasteiger charge is -2.39. The van der Waals surface area contributed by atoms with Crippen LogP contribution in [0.1, 0.15) is 43.7 Å². The van der Waals surface area contributed by atoms with Gasteiger partial charge in [-0.3, -0.25) is 4.79 Å². The fourth-order valence-corrected chi connectivity index (χ4v) is 4.14. The molecular formula is C19H29ClN2O2. The quantitative estimate of drug-likeness (QED) is 0.909. The molecule has 4 nitrogen and oxygen atoms in total. The van der Waals surface area contributed by atoms with Gasteiger partial charge in [-0.1, -0.05) is 25.0 Å². The van der Waals surface area contributed by atoms with Gasteiger partial charge in [0, 0.05) is 25.7 Å². The number of amides is 1. The molecule has 2 aliphatic rings. The Bertz CT molecular complexity index is 585. The minimum atomic E-state index is -0.349. The Morgan fingerprint density at radius 1 is 1.33 bits per heavy atom. The van der Waals surface area contributed by atoms with Crippen LogP contribution in [0.25, 0.3) is 0 Å². The van der Waals surface area contributed by atoms with E-state index in [4.69, 9.17) is 4.74 Å². The highest BCUT2D eigenvalue weighted by molar-refractivity contribution is 5.89. The van der Waals surface area contributed by atoms with Crippen LogP contribution in [0.4, 0.5) is 0 Å². The number of carbonyl (C=O) groups is 1. The van der Waals surface area contributed by atoms with E-state index in [1.54, 1.807) is 7.11 Å². The third kappa shape index (κ3) is 3.40. The predicted molar refractivity (Wildman–Crippen MR) is 99.2 cm³/mol. The molecule has 0 radical (unpaired) electrons. The van der Waals surface area contributed by atoms with Gasteiger partial charge in [0.2, 0.25) is 5.91 Å². The number of methoxy groups -OCH3 is 1. The first-order chi connectivity index (χ1) is 11.1. The van der Waals surface area contributed by atoms with E-state index in [9.17, 15) is 4.79 Å². The SMILES string of the molecule is COc1cc(C2(C(=O)N3CCNC(C)C3)CCCC2)ccc1C.Cl. The Balaban J connectivity index is 0.00000208. The molecule has 1 heterocycles. The number of rotatable bonds is 3. The molecule has 5 heteroatoms. The van der Waals surface area contributed by atoms with Gasteiger partial charge in [-0.15, -0.1) is 12.4 Å². The molecule has 0 bridgehead atoms. The number of piperazine rings is 1. The fourth-order valence-electron chi connectivity index (χ4n) is 4.14. The fraction of sp³-hybridized carbons (Fsp3) is 0.632. The second kappa shape index (κ2) is 7.75. The molecule has 0 aromatic heterocycles. The number of nitrogens with zero attached hydrogens (tertiary/aromatic N) is 1. The molecule has 1 atom stereocenters. The van der Waals surface area contributed by atoms with Crippen LogP contribution in [-0.4, -0.2) is 43.6 Å². The van der Waals surface area contributed by atoms with Crippen LogP contribution in [0.3, 0.4) is 0 Å². The summed E-state index contributed by atoms with van der Waals surface area (Å²) in [6, 6.07) is 6.68. The Hall–Kier alpha value is -1.26. The van der Waals surface area contributed by atoms with Crippen LogP contribution >= 0.6 is 12.4 Å². The topological polar surface area (TPSA) is 41.6 Å². The molecule has 1 aliphatic carbocycles. The minimum absolute atomic E-state index is 0. The lowest BCUT2D eigenvalue weighted by molar-refractivity contribution is -0.138. The number of halogens is 1. The van der Waals surface area contributed by atoms with Crippen LogP contribution in [0, 0.1) is 6.92 Å². The normalized spacial score (nSPS) is 22.8. The van der Waals surface area contributed by atoms with E-state index in [1.165, 1.54) is 0 Å². The second-order valence-electron chi connectivity index (χ2n) is 7.08. The van der Waals surface area contributed by atoms with E-state index in [0.29, 0.717) is 11.9 Å². The van der Waals surface area contributed by atoms with Crippen LogP contribution in [0.15, 0.2) is 18.2 Å². The molecule has 1 aromatic carbocycles. The summed E-state index contributed by atoms with van der Waals surface area (Å²) in [6.07, 6.45) is 4.17. The molecule has 134 valence electrons. The van der Waals surface area contributed by atoms with Crippen molar-refractivity contribution in [2.75, 3.05) is 26.7 Å². The van der Waals surface area contributed by atoms with Crippen molar-refractivity contribution in [1.29, 1.82) is 0 Å². The molecule has 3 rings (SSSR count). The lowest BCUT2D eigenvalue weighted by atomic mass is 9.77. The Morgan fingerprint density at radius 2 is 2.04 bits per heavy atom. The summed E-state index contributed by atoms with van der Waals surface area (Å²) in [4.78, 5) is 15.5. The van der Waals surface area contributed by atoms with E-state index >= 15 is 0 Å². The lowest BCUT2D eigenvalue weighted by Crippen LogP contribution is -2.56. The summed E-state index contributed by atoms with van der Waals surface area (Å²) in [5.41, 5.74) is 1.90. The second-order valence-corrected chi connectivity index (χ2v) is 7.08. The van der Waals surface area contributed by atoms with Gasteiger partial charge in [-0.2, -0.15) is 0 Å². The van der Waals surface area contributed by atoms with Crippen LogP contribution < -0.4 is 10.1 Å². The average Bonchev–Trinajstić information content (AvgIpc) is 3.05. The van der Waals surface area contributed by atoms with Crippen molar-refractivity contribution in [2.24, 2.45) is 0 Å². The van der Waals surface area contributed by atoms with Gasteiger partial charge in [0.05, 0.1) is 12.5 Å². The Kier molecular flexibility index (Phi) is 6.16. The number of benzene rings is 1. The molecule has 1 aliphatic heterocycles. The first-order valence-corrected chi connectivity index (χ1v) is 8.75. The maximum Gasteiger partial charge on any atom is 0.233 e. The van der Waals surface area contributed by atoms with Crippen LogP contribution in [0.2, 0.25) is 0 Å². The van der Waals surface area contributed by atoms with Gasteiger partial charge in [-0.05, 0) is 43.9 Å². The van der Waals surface area contributed by atoms with Crippen molar-refractivity contribution < 1.29 is 9.53 Å². The van der Waals surface area contributed by atoms with Crippen molar-refractivity contribution in [2.45, 2.75) is 51.0 Å². The highest BCUT2D eigenvalue weighted by Gasteiger charge is 2.45. The van der Waals surface area contributed by atoms with Gasteiger partial charge in [-0.25, -0.2) is 0 Å². The molecule has 1 unspecified atom stereocenters. The molecule has 1 amide bonds. The zero-order valence-corrected chi connectivity index (χ0v) is 15.7. The number of hydrogen-bond donors (Lipinski definition) is 1. The number of hydrogen-bond acceptors (Lipinski definition) is 3. The number of nitrogens with one attached hydrogen (secondary N) is 1. The summed E-state index contributed by atoms with van der Waals surface area (Å²) < 4.78 is 5.50. The Morgan fingerprint density at radius 3 is 2.67 bits per heavy atom. The van der Waals surface area contributed by atoms with Gasteiger partial charge in [0.1, 0.15) is 5.75 Å². The monoisotopic (exact) mass is 352 g/mol. The van der Waals surface area contributed by atoms with Crippen molar-refractivity contribution in [3.63, 3.8) is 0 Å². The summed E-state index contributed by atoms with van der Waals surface area (Å²) in [7, 11) is 1.70. The van der Waals surface area contributed by atoms with Crippen molar-refractivity contribution in [3.05, 3.63) is 29.3 Å². The van der Waals surface area contributed by atoms with Crippen molar-refractivity contribution >= 4 is 18.3 Å². The maximum atomic E-state index is 13.4. The predicted octanol–water partition coefficient (Wildman–Crippen LogP) is 3.06. The minimum Gasteiger partial charge on any atom is -0.496 e. The highest BCUT2D eigenvalue weighted by atomic mass is 35.5. The molecule has 2 fully saturated rings. The summed E-state index contributed by atoms with van der Waals surface area (Å²) >= 11 is 0. The number of carbonyl (C=O) groups excluding carboxylic acids is 1. The zero-order valence-electron chi connectivity index (χ0n) is 14.9. The van der Waals surface area contributed by atoms with E-state index in [2.05, 4.69) is 35.3 Å². The van der Waals surface area contributed by atoms with Crippen LogP contribution in [-0.2, 0) is 10.2 Å². The third-order valence-corrected chi connectivity index (χ3v) is 5.48. The van der Waals surface area contributed by atoms with Crippen LogP contribution in [0.5, 0.6) is 5.75 Å². The van der Waals surface area contributed by atoms with Crippen molar-refractivity contribution in [3.8, 4) is 5.75 Å². The first-order valence-electron chi connectivity index (χ1n) is 8.75. The standard InChI is InChI=1S/C19H28N2O2.ClH/c1-14-6-7-16(12-17(14)23-3)19(8-4-5-9-19)18(22)21-11-10-20-15(2)13-21;/h6-7,12,15,20H,4-5,8-11,13H2,1-3H3;1H. The molecule has 1 aromatic rings. The maximum absolute atomic E-state index is 13.4. The summed E-state index contributed by atoms with van der Waals surface area (Å²) in [5.74, 6) is 1.20. The third-order valence-electron chi connectivity index (χ3n) is 5.48. The van der Waals surface area contributed by atoms with Crippen molar-refractivity contribution in [1.82, 2.24) is 10.2 Å². The first kappa shape index (κ1) is 19.1. The van der Waals surface area contributed by atoms with E-state index < -0.39 is 0 Å². The number of ether oxygens (including phenoxy) is 1. The average molecular weight is 353 g/mol. The van der Waals surface area contributed by atoms with E-state index in [-0.39, 0.29) is 17.8 Å². The van der Waals surface area contributed by atoms with Gasteiger partial charge in [0.15, 0.2) is 0 Å². The zero-order chi connectivity index (χ0) is 16.4. The Labute approximate surface area is 151 Å². The smallest absolute Gasteiger partial charge is 0.233 e. The summed E-state index contributed by atoms with van der Waals surface area (Å²) in [5, 5.41) is 3.42. The highest BCUT2D eigenvalue weighted by Crippen LogP contribution is 2.44. The molecular weight excluding hydrogens is 324 g/mol. The van der Waals surface area contributed by atoms with E-state index in [0.717, 1.165) is 62.2 Å². The molecule has 24 heavy (non-hydrogen) atoms. The van der Waals surface area contributed by atoms with E-state index in [1.807, 2.05) is 6.92 Å². The van der Waals surface area contributed by atoms with Gasteiger partial charge in [0.25, 0.3) is 0 Å². The molecule has 1 N–H and O–H groups in total. The molecule has 0 spiro atoms. The van der Waals surface area contributed by atoms with Gasteiger partial charge < -0.3 is 15.0 Å². The number of aryl methyl sites for hydroxylation is 1. The summed E-state index contributed by atoms with van der Waals surface area (Å²) in [6.45, 7) is 6.71.